The Morgan fingerprint density at radius 1 is 1.09 bits per heavy atom. The van der Waals surface area contributed by atoms with Crippen molar-refractivity contribution in [2.24, 2.45) is 0 Å². The Labute approximate surface area is 187 Å². The molecule has 0 aliphatic rings. The zero-order valence-corrected chi connectivity index (χ0v) is 17.9. The molecular formula is C24H19N5O4. The molecule has 3 aromatic heterocycles. The lowest BCUT2D eigenvalue weighted by Crippen LogP contribution is -2.20. The van der Waals surface area contributed by atoms with Gasteiger partial charge in [0, 0.05) is 16.6 Å². The molecule has 0 atom stereocenters. The first kappa shape index (κ1) is 20.4. The van der Waals surface area contributed by atoms with E-state index in [-0.39, 0.29) is 5.56 Å². The Balaban J connectivity index is 1.39. The third kappa shape index (κ3) is 3.80. The summed E-state index contributed by atoms with van der Waals surface area (Å²) >= 11 is 0. The fourth-order valence-electron chi connectivity index (χ4n) is 3.52. The molecule has 0 saturated carbocycles. The first-order valence-corrected chi connectivity index (χ1v) is 10.3. The molecule has 0 saturated heterocycles. The zero-order chi connectivity index (χ0) is 22.9. The van der Waals surface area contributed by atoms with Crippen LogP contribution in [0.2, 0.25) is 0 Å². The number of aromatic nitrogens is 4. The van der Waals surface area contributed by atoms with Gasteiger partial charge in [-0.2, -0.15) is 9.61 Å². The summed E-state index contributed by atoms with van der Waals surface area (Å²) in [6, 6.07) is 17.6. The highest BCUT2D eigenvalue weighted by molar-refractivity contribution is 6.05. The van der Waals surface area contributed by atoms with E-state index in [2.05, 4.69) is 20.6 Å². The Hall–Kier alpha value is -4.53. The number of amides is 1. The van der Waals surface area contributed by atoms with Crippen molar-refractivity contribution in [2.45, 2.75) is 13.8 Å². The van der Waals surface area contributed by atoms with Gasteiger partial charge in [-0.3, -0.25) is 4.79 Å². The number of nitrogens with zero attached hydrogens (tertiary/aromatic N) is 4. The molecule has 0 bridgehead atoms. The van der Waals surface area contributed by atoms with Crippen LogP contribution in [0.1, 0.15) is 23.1 Å². The molecule has 2 aromatic carbocycles. The van der Waals surface area contributed by atoms with Gasteiger partial charge >= 0.3 is 5.63 Å². The number of ether oxygens (including phenoxy) is 1. The van der Waals surface area contributed by atoms with Crippen molar-refractivity contribution < 1.29 is 13.9 Å². The summed E-state index contributed by atoms with van der Waals surface area (Å²) in [5.41, 5.74) is 2.30. The first-order valence-electron chi connectivity index (χ1n) is 10.3. The van der Waals surface area contributed by atoms with E-state index in [4.69, 9.17) is 9.15 Å². The predicted octanol–water partition coefficient (Wildman–Crippen LogP) is 3.86. The first-order chi connectivity index (χ1) is 16.0. The zero-order valence-electron chi connectivity index (χ0n) is 17.9. The van der Waals surface area contributed by atoms with E-state index in [1.54, 1.807) is 34.8 Å². The number of para-hydroxylation sites is 1. The van der Waals surface area contributed by atoms with E-state index in [1.165, 1.54) is 6.07 Å². The Morgan fingerprint density at radius 3 is 2.70 bits per heavy atom. The molecule has 0 fully saturated rings. The Bertz CT molecular complexity index is 1550. The molecule has 33 heavy (non-hydrogen) atoms. The van der Waals surface area contributed by atoms with E-state index in [9.17, 15) is 9.59 Å². The van der Waals surface area contributed by atoms with Gasteiger partial charge in [-0.05, 0) is 50.2 Å². The molecule has 5 aromatic rings. The normalized spacial score (nSPS) is 11.1. The van der Waals surface area contributed by atoms with Crippen LogP contribution < -0.4 is 15.7 Å². The Kier molecular flexibility index (Phi) is 5.06. The average Bonchev–Trinajstić information content (AvgIpc) is 3.20. The summed E-state index contributed by atoms with van der Waals surface area (Å²) in [5.74, 6) is 0.598. The lowest BCUT2D eigenvalue weighted by Gasteiger charge is -2.08. The average molecular weight is 441 g/mol. The number of anilines is 1. The van der Waals surface area contributed by atoms with Crippen molar-refractivity contribution in [3.63, 3.8) is 0 Å². The van der Waals surface area contributed by atoms with Gasteiger partial charge in [-0.15, -0.1) is 10.2 Å². The van der Waals surface area contributed by atoms with Crippen LogP contribution >= 0.6 is 0 Å². The van der Waals surface area contributed by atoms with Gasteiger partial charge in [0.25, 0.3) is 5.91 Å². The molecule has 0 aliphatic heterocycles. The second-order valence-electron chi connectivity index (χ2n) is 7.32. The molecule has 9 heteroatoms. The smallest absolute Gasteiger partial charge is 0.349 e. The fourth-order valence-corrected chi connectivity index (χ4v) is 3.52. The van der Waals surface area contributed by atoms with E-state index in [0.717, 1.165) is 11.3 Å². The minimum Gasteiger partial charge on any atom is -0.490 e. The third-order valence-corrected chi connectivity index (χ3v) is 5.13. The van der Waals surface area contributed by atoms with Gasteiger partial charge in [0.05, 0.1) is 12.3 Å². The van der Waals surface area contributed by atoms with E-state index < -0.39 is 11.5 Å². The number of fused-ring (bicyclic) bond motifs is 2. The molecule has 1 amide bonds. The molecule has 0 spiro atoms. The second-order valence-corrected chi connectivity index (χ2v) is 7.32. The fraction of sp³-hybridized carbons (Fsp3) is 0.125. The topological polar surface area (TPSA) is 112 Å². The number of aryl methyl sites for hydroxylation is 1. The molecule has 0 radical (unpaired) electrons. The molecule has 9 nitrogen and oxygen atoms in total. The minimum atomic E-state index is -0.731. The Morgan fingerprint density at radius 2 is 1.91 bits per heavy atom. The number of nitrogens with one attached hydrogen (secondary N) is 1. The summed E-state index contributed by atoms with van der Waals surface area (Å²) in [6.45, 7) is 4.11. The lowest BCUT2D eigenvalue weighted by molar-refractivity contribution is 0.102. The van der Waals surface area contributed by atoms with Gasteiger partial charge in [-0.25, -0.2) is 4.79 Å². The van der Waals surface area contributed by atoms with Crippen LogP contribution in [0.5, 0.6) is 5.75 Å². The predicted molar refractivity (Wildman–Crippen MR) is 123 cm³/mol. The van der Waals surface area contributed by atoms with Crippen LogP contribution in [0.25, 0.3) is 27.9 Å². The maximum absolute atomic E-state index is 12.8. The van der Waals surface area contributed by atoms with Crippen molar-refractivity contribution in [2.75, 3.05) is 11.9 Å². The quantitative estimate of drug-likeness (QED) is 0.412. The molecule has 5 rings (SSSR count). The van der Waals surface area contributed by atoms with Crippen LogP contribution in [0.3, 0.4) is 0 Å². The molecule has 1 N–H and O–H groups in total. The third-order valence-electron chi connectivity index (χ3n) is 5.13. The van der Waals surface area contributed by atoms with Gasteiger partial charge in [0.1, 0.15) is 5.56 Å². The SMILES string of the molecule is CCOc1cccc2cc(C(=O)Nc3ccc(-c4ccc5nnc(C)n5n4)cc3)c(=O)oc12. The van der Waals surface area contributed by atoms with Crippen molar-refractivity contribution in [1.82, 2.24) is 19.8 Å². The number of hydrogen-bond donors (Lipinski definition) is 1. The number of benzene rings is 2. The number of rotatable bonds is 5. The van der Waals surface area contributed by atoms with Crippen LogP contribution in [0.4, 0.5) is 5.69 Å². The summed E-state index contributed by atoms with van der Waals surface area (Å²) in [7, 11) is 0. The van der Waals surface area contributed by atoms with E-state index in [0.29, 0.717) is 40.5 Å². The lowest BCUT2D eigenvalue weighted by atomic mass is 10.1. The van der Waals surface area contributed by atoms with Crippen LogP contribution in [0, 0.1) is 6.92 Å². The van der Waals surface area contributed by atoms with E-state index in [1.807, 2.05) is 38.1 Å². The standard InChI is InChI=1S/C24H19N5O4/c1-3-32-20-6-4-5-16-13-18(24(31)33-22(16)20)23(30)25-17-9-7-15(8-10-17)19-11-12-21-27-26-14(2)29(21)28-19/h4-13H,3H2,1-2H3,(H,25,30). The highest BCUT2D eigenvalue weighted by Crippen LogP contribution is 2.25. The van der Waals surface area contributed by atoms with Gasteiger partial charge < -0.3 is 14.5 Å². The molecular weight excluding hydrogens is 422 g/mol. The summed E-state index contributed by atoms with van der Waals surface area (Å²) in [4.78, 5) is 25.2. The summed E-state index contributed by atoms with van der Waals surface area (Å²) in [6.07, 6.45) is 0. The van der Waals surface area contributed by atoms with E-state index >= 15 is 0 Å². The molecule has 164 valence electrons. The summed E-state index contributed by atoms with van der Waals surface area (Å²) in [5, 5.41) is 15.9. The molecule has 3 heterocycles. The van der Waals surface area contributed by atoms with Gasteiger partial charge in [0.15, 0.2) is 22.8 Å². The van der Waals surface area contributed by atoms with Gasteiger partial charge in [-0.1, -0.05) is 24.3 Å². The molecule has 0 aliphatic carbocycles. The molecule has 0 unspecified atom stereocenters. The number of carbonyl (C=O) groups excluding carboxylic acids is 1. The maximum atomic E-state index is 12.8. The number of hydrogen-bond acceptors (Lipinski definition) is 7. The second kappa shape index (κ2) is 8.19. The summed E-state index contributed by atoms with van der Waals surface area (Å²) < 4.78 is 12.6. The van der Waals surface area contributed by atoms with Crippen molar-refractivity contribution in [3.8, 4) is 17.0 Å². The van der Waals surface area contributed by atoms with Crippen LogP contribution in [0.15, 0.2) is 69.9 Å². The monoisotopic (exact) mass is 441 g/mol. The number of carbonyl (C=O) groups is 1. The van der Waals surface area contributed by atoms with Gasteiger partial charge in [0.2, 0.25) is 0 Å². The van der Waals surface area contributed by atoms with Crippen molar-refractivity contribution in [1.29, 1.82) is 0 Å². The largest absolute Gasteiger partial charge is 0.490 e. The van der Waals surface area contributed by atoms with Crippen LogP contribution in [-0.4, -0.2) is 32.3 Å². The maximum Gasteiger partial charge on any atom is 0.349 e. The van der Waals surface area contributed by atoms with Crippen molar-refractivity contribution >= 4 is 28.2 Å². The highest BCUT2D eigenvalue weighted by atomic mass is 16.5. The van der Waals surface area contributed by atoms with Crippen molar-refractivity contribution in [3.05, 3.63) is 82.5 Å². The van der Waals surface area contributed by atoms with Crippen LogP contribution in [-0.2, 0) is 0 Å². The highest BCUT2D eigenvalue weighted by Gasteiger charge is 2.16. The minimum absolute atomic E-state index is 0.0876.